The van der Waals surface area contributed by atoms with Crippen molar-refractivity contribution in [3.05, 3.63) is 78.6 Å². The van der Waals surface area contributed by atoms with Gasteiger partial charge in [0.2, 0.25) is 0 Å². The van der Waals surface area contributed by atoms with Crippen molar-refractivity contribution in [2.45, 2.75) is 57.3 Å². The number of pyridine rings is 1. The highest BCUT2D eigenvalue weighted by Gasteiger charge is 2.52. The van der Waals surface area contributed by atoms with Gasteiger partial charge in [0.25, 0.3) is 13.6 Å². The van der Waals surface area contributed by atoms with Crippen LogP contribution in [0.15, 0.2) is 72.9 Å². The molecule has 2 aromatic carbocycles. The maximum absolute atomic E-state index is 11.6. The minimum Gasteiger partial charge on any atom is -0.491 e. The summed E-state index contributed by atoms with van der Waals surface area (Å²) in [5.41, 5.74) is 0.139. The van der Waals surface area contributed by atoms with Crippen LogP contribution in [0, 0.1) is 0 Å². The first-order valence-corrected chi connectivity index (χ1v) is 14.2. The normalized spacial score (nSPS) is 18.3. The number of methoxy groups -OCH3 is 1. The summed E-state index contributed by atoms with van der Waals surface area (Å²) in [7, 11) is -1.08. The monoisotopic (exact) mass is 509 g/mol. The Morgan fingerprint density at radius 1 is 0.943 bits per heavy atom. The van der Waals surface area contributed by atoms with Gasteiger partial charge in [-0.25, -0.2) is 4.98 Å². The van der Waals surface area contributed by atoms with E-state index in [1.165, 1.54) is 16.6 Å². The van der Waals surface area contributed by atoms with E-state index in [1.807, 2.05) is 0 Å². The molecule has 1 fully saturated rings. The van der Waals surface area contributed by atoms with Crippen LogP contribution in [0.3, 0.4) is 0 Å². The van der Waals surface area contributed by atoms with E-state index in [-0.39, 0.29) is 22.9 Å². The fourth-order valence-corrected chi connectivity index (χ4v) is 9.85. The number of halogens is 1. The molecule has 3 aromatic rings. The van der Waals surface area contributed by atoms with Crippen molar-refractivity contribution < 1.29 is 18.7 Å². The van der Waals surface area contributed by atoms with Gasteiger partial charge in [0.05, 0.1) is 13.3 Å². The smallest absolute Gasteiger partial charge is 0.270 e. The van der Waals surface area contributed by atoms with Crippen LogP contribution >= 0.6 is 11.6 Å². The Labute approximate surface area is 213 Å². The molecule has 1 aliphatic rings. The first-order valence-electron chi connectivity index (χ1n) is 11.9. The minimum absolute atomic E-state index is 0.0493. The van der Waals surface area contributed by atoms with E-state index < -0.39 is 13.6 Å². The van der Waals surface area contributed by atoms with Gasteiger partial charge in [-0.2, -0.15) is 0 Å². The Kier molecular flexibility index (Phi) is 7.64. The lowest BCUT2D eigenvalue weighted by atomic mass is 10.2. The summed E-state index contributed by atoms with van der Waals surface area (Å²) in [6, 6.07) is 22.9. The molecule has 1 aliphatic carbocycles. The number of aromatic nitrogens is 1. The van der Waals surface area contributed by atoms with Crippen molar-refractivity contribution in [2.24, 2.45) is 0 Å². The van der Waals surface area contributed by atoms with Gasteiger partial charge in [0.15, 0.2) is 11.5 Å². The summed E-state index contributed by atoms with van der Waals surface area (Å²) in [5.74, 6) is 0.950. The van der Waals surface area contributed by atoms with Crippen molar-refractivity contribution >= 4 is 35.5 Å². The largest absolute Gasteiger partial charge is 0.491 e. The maximum atomic E-state index is 11.6. The summed E-state index contributed by atoms with van der Waals surface area (Å²) in [4.78, 5) is 15.6. The van der Waals surface area contributed by atoms with E-state index in [1.54, 1.807) is 13.2 Å². The Balaban J connectivity index is 1.62. The second-order valence-electron chi connectivity index (χ2n) is 9.95. The van der Waals surface area contributed by atoms with E-state index in [9.17, 15) is 4.79 Å². The molecule has 184 valence electrons. The number of rotatable bonds is 8. The van der Waals surface area contributed by atoms with Crippen LogP contribution in [-0.4, -0.2) is 37.9 Å². The molecule has 7 heteroatoms. The third-order valence-electron chi connectivity index (χ3n) is 6.64. The highest BCUT2D eigenvalue weighted by Crippen LogP contribution is 2.40. The van der Waals surface area contributed by atoms with Crippen LogP contribution in [0.1, 0.15) is 50.5 Å². The zero-order valence-electron chi connectivity index (χ0n) is 20.7. The van der Waals surface area contributed by atoms with Gasteiger partial charge >= 0.3 is 0 Å². The van der Waals surface area contributed by atoms with Crippen molar-refractivity contribution in [2.75, 3.05) is 7.11 Å². The molecule has 1 heterocycles. The molecule has 2 unspecified atom stereocenters. The van der Waals surface area contributed by atoms with E-state index in [0.717, 1.165) is 19.3 Å². The fraction of sp³-hybridized carbons (Fsp3) is 0.357. The minimum atomic E-state index is -2.63. The third-order valence-corrected chi connectivity index (χ3v) is 11.9. The maximum Gasteiger partial charge on any atom is 0.270 e. The predicted molar refractivity (Wildman–Crippen MR) is 142 cm³/mol. The summed E-state index contributed by atoms with van der Waals surface area (Å²) in [5, 5.41) is 1.82. The molecule has 1 saturated carbocycles. The molecule has 1 aromatic heterocycles. The molecule has 0 spiro atoms. The lowest BCUT2D eigenvalue weighted by Gasteiger charge is -2.44. The van der Waals surface area contributed by atoms with E-state index in [0.29, 0.717) is 11.5 Å². The molecule has 0 saturated heterocycles. The van der Waals surface area contributed by atoms with Crippen LogP contribution in [-0.2, 0) is 4.43 Å². The summed E-state index contributed by atoms with van der Waals surface area (Å²) in [6.45, 7) is 6.86. The van der Waals surface area contributed by atoms with E-state index in [2.05, 4.69) is 86.4 Å². The van der Waals surface area contributed by atoms with Crippen LogP contribution < -0.4 is 19.8 Å². The second-order valence-corrected chi connectivity index (χ2v) is 14.5. The lowest BCUT2D eigenvalue weighted by molar-refractivity contribution is 0.107. The molecule has 0 bridgehead atoms. The lowest BCUT2D eigenvalue weighted by Crippen LogP contribution is -2.67. The Morgan fingerprint density at radius 3 is 2.03 bits per heavy atom. The molecular formula is C28H32ClNO4Si. The third kappa shape index (κ3) is 5.30. The SMILES string of the molecule is COc1cnc(C(=O)Cl)cc1OC1CCC(O[Si](c2ccccc2)(c2ccccc2)C(C)(C)C)C1. The van der Waals surface area contributed by atoms with Crippen molar-refractivity contribution in [3.63, 3.8) is 0 Å². The highest BCUT2D eigenvalue weighted by atomic mass is 35.5. The van der Waals surface area contributed by atoms with E-state index >= 15 is 0 Å². The molecule has 0 amide bonds. The van der Waals surface area contributed by atoms with Crippen molar-refractivity contribution in [1.82, 2.24) is 4.98 Å². The Bertz CT molecular complexity index is 1110. The number of carbonyl (C=O) groups is 1. The summed E-state index contributed by atoms with van der Waals surface area (Å²) < 4.78 is 18.9. The van der Waals surface area contributed by atoms with Crippen molar-refractivity contribution in [1.29, 1.82) is 0 Å². The number of hydrogen-bond acceptors (Lipinski definition) is 5. The zero-order valence-corrected chi connectivity index (χ0v) is 22.4. The van der Waals surface area contributed by atoms with Gasteiger partial charge in [-0.1, -0.05) is 81.4 Å². The van der Waals surface area contributed by atoms with Crippen LogP contribution in [0.25, 0.3) is 0 Å². The number of ether oxygens (including phenoxy) is 2. The molecule has 0 N–H and O–H groups in total. The number of carbonyl (C=O) groups excluding carboxylic acids is 1. The summed E-state index contributed by atoms with van der Waals surface area (Å²) >= 11 is 5.63. The molecule has 4 rings (SSSR count). The molecule has 0 radical (unpaired) electrons. The first kappa shape index (κ1) is 25.4. The molecule has 5 nitrogen and oxygen atoms in total. The van der Waals surface area contributed by atoms with Gasteiger partial charge < -0.3 is 13.9 Å². The topological polar surface area (TPSA) is 57.7 Å². The van der Waals surface area contributed by atoms with Gasteiger partial charge in [-0.05, 0) is 39.9 Å². The van der Waals surface area contributed by atoms with Gasteiger partial charge in [0.1, 0.15) is 11.8 Å². The van der Waals surface area contributed by atoms with E-state index in [4.69, 9.17) is 25.5 Å². The molecular weight excluding hydrogens is 478 g/mol. The first-order chi connectivity index (χ1) is 16.7. The standard InChI is InChI=1S/C28H32ClNO4Si/c1-28(2,3)35(22-11-7-5-8-12-22,23-13-9-6-10-14-23)34-21-16-15-20(17-21)33-25-18-24(27(29)31)30-19-26(25)32-4/h5-14,18-21H,15-17H2,1-4H3. The number of nitrogens with zero attached hydrogens (tertiary/aromatic N) is 1. The highest BCUT2D eigenvalue weighted by molar-refractivity contribution is 6.99. The summed E-state index contributed by atoms with van der Waals surface area (Å²) in [6.07, 6.45) is 3.94. The molecule has 35 heavy (non-hydrogen) atoms. The van der Waals surface area contributed by atoms with Crippen LogP contribution in [0.5, 0.6) is 11.5 Å². The Morgan fingerprint density at radius 2 is 1.51 bits per heavy atom. The second kappa shape index (κ2) is 10.5. The number of hydrogen-bond donors (Lipinski definition) is 0. The van der Waals surface area contributed by atoms with Gasteiger partial charge in [0, 0.05) is 18.6 Å². The van der Waals surface area contributed by atoms with Gasteiger partial charge in [-0.15, -0.1) is 0 Å². The fourth-order valence-electron chi connectivity index (χ4n) is 5.01. The number of benzene rings is 2. The zero-order chi connectivity index (χ0) is 25.1. The average Bonchev–Trinajstić information content (AvgIpc) is 3.29. The van der Waals surface area contributed by atoms with Crippen molar-refractivity contribution in [3.8, 4) is 11.5 Å². The van der Waals surface area contributed by atoms with Crippen LogP contribution in [0.2, 0.25) is 5.04 Å². The molecule has 2 atom stereocenters. The average molecular weight is 510 g/mol. The Hall–Kier alpha value is -2.67. The quantitative estimate of drug-likeness (QED) is 0.303. The molecule has 0 aliphatic heterocycles. The predicted octanol–water partition coefficient (Wildman–Crippen LogP) is 5.35. The van der Waals surface area contributed by atoms with Gasteiger partial charge in [-0.3, -0.25) is 4.79 Å². The van der Waals surface area contributed by atoms with Crippen LogP contribution in [0.4, 0.5) is 0 Å².